The number of hydrogen-bond donors (Lipinski definition) is 3. The second kappa shape index (κ2) is 7.31. The van der Waals surface area contributed by atoms with Crippen molar-refractivity contribution in [1.82, 2.24) is 10.0 Å². The van der Waals surface area contributed by atoms with E-state index < -0.39 is 39.4 Å². The molecule has 0 aliphatic rings. The van der Waals surface area contributed by atoms with E-state index in [0.717, 1.165) is 0 Å². The molecule has 0 bridgehead atoms. The molecule has 0 aromatic heterocycles. The van der Waals surface area contributed by atoms with Gasteiger partial charge in [-0.25, -0.2) is 13.1 Å². The Morgan fingerprint density at radius 1 is 1.08 bits per heavy atom. The molecule has 8 heteroatoms. The summed E-state index contributed by atoms with van der Waals surface area (Å²) in [5.41, 5.74) is -0.355. The summed E-state index contributed by atoms with van der Waals surface area (Å²) in [6.45, 7) is 8.30. The predicted molar refractivity (Wildman–Crippen MR) is 90.2 cm³/mol. The van der Waals surface area contributed by atoms with Crippen LogP contribution >= 0.6 is 0 Å². The van der Waals surface area contributed by atoms with E-state index in [2.05, 4.69) is 10.0 Å². The lowest BCUT2D eigenvalue weighted by Crippen LogP contribution is -2.40. The molecule has 134 valence electrons. The summed E-state index contributed by atoms with van der Waals surface area (Å²) >= 11 is 0. The topological polar surface area (TPSA) is 113 Å². The van der Waals surface area contributed by atoms with Gasteiger partial charge in [-0.05, 0) is 58.9 Å². The fourth-order valence-electron chi connectivity index (χ4n) is 1.88. The average molecular weight is 356 g/mol. The van der Waals surface area contributed by atoms with Crippen molar-refractivity contribution in [3.63, 3.8) is 0 Å². The highest BCUT2D eigenvalue weighted by molar-refractivity contribution is 7.89. The molecule has 0 aliphatic heterocycles. The van der Waals surface area contributed by atoms with E-state index in [-0.39, 0.29) is 10.5 Å². The van der Waals surface area contributed by atoms with Crippen LogP contribution in [0.4, 0.5) is 0 Å². The maximum absolute atomic E-state index is 12.2. The van der Waals surface area contributed by atoms with Gasteiger partial charge < -0.3 is 10.4 Å². The van der Waals surface area contributed by atoms with Crippen LogP contribution in [0.1, 0.15) is 45.0 Å². The number of carboxylic acids is 1. The standard InChI is InChI=1S/C16H24N2O5S/c1-10(15(20)21)11(2)17-14(19)12-6-8-13(9-7-12)24(22,23)18-16(3,4)5/h6-11,18H,1-5H3,(H,17,19)(H,20,21). The third-order valence-electron chi connectivity index (χ3n) is 3.37. The van der Waals surface area contributed by atoms with Crippen LogP contribution < -0.4 is 10.0 Å². The van der Waals surface area contributed by atoms with Crippen LogP contribution in [0.15, 0.2) is 29.2 Å². The maximum Gasteiger partial charge on any atom is 0.308 e. The van der Waals surface area contributed by atoms with Crippen LogP contribution in [0.25, 0.3) is 0 Å². The van der Waals surface area contributed by atoms with Gasteiger partial charge in [0.25, 0.3) is 5.91 Å². The van der Waals surface area contributed by atoms with Crippen molar-refractivity contribution in [3.8, 4) is 0 Å². The lowest BCUT2D eigenvalue weighted by molar-refractivity contribution is -0.141. The van der Waals surface area contributed by atoms with E-state index in [9.17, 15) is 18.0 Å². The minimum absolute atomic E-state index is 0.0564. The van der Waals surface area contributed by atoms with Gasteiger partial charge in [0.05, 0.1) is 10.8 Å². The fraction of sp³-hybridized carbons (Fsp3) is 0.500. The van der Waals surface area contributed by atoms with Gasteiger partial charge in [-0.3, -0.25) is 9.59 Å². The van der Waals surface area contributed by atoms with Gasteiger partial charge in [-0.15, -0.1) is 0 Å². The first-order valence-electron chi connectivity index (χ1n) is 7.51. The van der Waals surface area contributed by atoms with Crippen LogP contribution in [-0.2, 0) is 14.8 Å². The molecule has 1 aromatic carbocycles. The third kappa shape index (κ3) is 5.61. The van der Waals surface area contributed by atoms with Crippen LogP contribution in [-0.4, -0.2) is 37.0 Å². The monoisotopic (exact) mass is 356 g/mol. The molecule has 0 saturated heterocycles. The van der Waals surface area contributed by atoms with Crippen molar-refractivity contribution >= 4 is 21.9 Å². The summed E-state index contributed by atoms with van der Waals surface area (Å²) in [7, 11) is -3.67. The lowest BCUT2D eigenvalue weighted by Gasteiger charge is -2.20. The largest absolute Gasteiger partial charge is 0.481 e. The molecule has 0 spiro atoms. The number of carboxylic acid groups (broad SMARTS) is 1. The third-order valence-corrected chi connectivity index (χ3v) is 5.14. The number of hydrogen-bond acceptors (Lipinski definition) is 4. The van der Waals surface area contributed by atoms with E-state index in [1.807, 2.05) is 0 Å². The zero-order valence-electron chi connectivity index (χ0n) is 14.5. The molecule has 0 radical (unpaired) electrons. The molecule has 1 amide bonds. The van der Waals surface area contributed by atoms with E-state index in [4.69, 9.17) is 5.11 Å². The van der Waals surface area contributed by atoms with Gasteiger partial charge >= 0.3 is 5.97 Å². The van der Waals surface area contributed by atoms with Crippen LogP contribution in [0.3, 0.4) is 0 Å². The predicted octanol–water partition coefficient (Wildman–Crippen LogP) is 1.60. The normalized spacial score (nSPS) is 14.7. The number of carbonyl (C=O) groups is 2. The van der Waals surface area contributed by atoms with E-state index >= 15 is 0 Å². The maximum atomic E-state index is 12.2. The fourth-order valence-corrected chi connectivity index (χ4v) is 3.29. The van der Waals surface area contributed by atoms with Crippen molar-refractivity contribution in [2.75, 3.05) is 0 Å². The minimum atomic E-state index is -3.67. The van der Waals surface area contributed by atoms with E-state index in [1.165, 1.54) is 31.2 Å². The molecular weight excluding hydrogens is 332 g/mol. The first kappa shape index (κ1) is 20.1. The van der Waals surface area contributed by atoms with E-state index in [0.29, 0.717) is 0 Å². The Labute approximate surface area is 142 Å². The number of aliphatic carboxylic acids is 1. The first-order valence-corrected chi connectivity index (χ1v) is 8.99. The van der Waals surface area contributed by atoms with Crippen LogP contribution in [0.5, 0.6) is 0 Å². The van der Waals surface area contributed by atoms with Gasteiger partial charge in [0, 0.05) is 17.1 Å². The molecule has 2 unspecified atom stereocenters. The van der Waals surface area contributed by atoms with Crippen molar-refractivity contribution in [2.45, 2.75) is 51.1 Å². The van der Waals surface area contributed by atoms with Gasteiger partial charge in [-0.1, -0.05) is 0 Å². The Bertz CT molecular complexity index is 705. The second-order valence-corrected chi connectivity index (χ2v) is 8.45. The van der Waals surface area contributed by atoms with Crippen molar-refractivity contribution in [2.24, 2.45) is 5.92 Å². The molecule has 2 atom stereocenters. The number of carbonyl (C=O) groups excluding carboxylic acids is 1. The molecular formula is C16H24N2O5S. The van der Waals surface area contributed by atoms with Gasteiger partial charge in [0.1, 0.15) is 0 Å². The number of sulfonamides is 1. The molecule has 0 saturated carbocycles. The summed E-state index contributed by atoms with van der Waals surface area (Å²) in [6.07, 6.45) is 0. The second-order valence-electron chi connectivity index (χ2n) is 6.77. The molecule has 3 N–H and O–H groups in total. The average Bonchev–Trinajstić information content (AvgIpc) is 2.43. The lowest BCUT2D eigenvalue weighted by atomic mass is 10.0. The Morgan fingerprint density at radius 2 is 1.58 bits per heavy atom. The molecule has 1 aromatic rings. The summed E-state index contributed by atoms with van der Waals surface area (Å²) in [4.78, 5) is 23.1. The van der Waals surface area contributed by atoms with Gasteiger partial charge in [-0.2, -0.15) is 0 Å². The Morgan fingerprint density at radius 3 is 2.00 bits per heavy atom. The van der Waals surface area contributed by atoms with Crippen LogP contribution in [0, 0.1) is 5.92 Å². The zero-order valence-corrected chi connectivity index (χ0v) is 15.3. The number of nitrogens with one attached hydrogen (secondary N) is 2. The number of rotatable bonds is 6. The highest BCUT2D eigenvalue weighted by Crippen LogP contribution is 2.14. The van der Waals surface area contributed by atoms with Gasteiger partial charge in [0.15, 0.2) is 0 Å². The molecule has 1 rings (SSSR count). The smallest absolute Gasteiger partial charge is 0.308 e. The Hall–Kier alpha value is -1.93. The SMILES string of the molecule is CC(NC(=O)c1ccc(S(=O)(=O)NC(C)(C)C)cc1)C(C)C(=O)O. The first-order chi connectivity index (χ1) is 10.8. The minimum Gasteiger partial charge on any atom is -0.481 e. The number of benzene rings is 1. The Kier molecular flexibility index (Phi) is 6.13. The van der Waals surface area contributed by atoms with Crippen molar-refractivity contribution in [3.05, 3.63) is 29.8 Å². The molecule has 0 aliphatic carbocycles. The molecule has 0 heterocycles. The summed E-state index contributed by atoms with van der Waals surface area (Å²) < 4.78 is 26.9. The summed E-state index contributed by atoms with van der Waals surface area (Å²) in [6, 6.07) is 4.92. The van der Waals surface area contributed by atoms with Crippen molar-refractivity contribution < 1.29 is 23.1 Å². The molecule has 7 nitrogen and oxygen atoms in total. The van der Waals surface area contributed by atoms with E-state index in [1.54, 1.807) is 27.7 Å². The Balaban J connectivity index is 2.88. The molecule has 24 heavy (non-hydrogen) atoms. The van der Waals surface area contributed by atoms with Crippen LogP contribution in [0.2, 0.25) is 0 Å². The summed E-state index contributed by atoms with van der Waals surface area (Å²) in [5, 5.41) is 11.5. The quantitative estimate of drug-likeness (QED) is 0.717. The zero-order chi connectivity index (χ0) is 18.7. The van der Waals surface area contributed by atoms with Crippen molar-refractivity contribution in [1.29, 1.82) is 0 Å². The van der Waals surface area contributed by atoms with Gasteiger partial charge in [0.2, 0.25) is 10.0 Å². The highest BCUT2D eigenvalue weighted by atomic mass is 32.2. The molecule has 0 fully saturated rings. The highest BCUT2D eigenvalue weighted by Gasteiger charge is 2.23. The number of amides is 1. The summed E-state index contributed by atoms with van der Waals surface area (Å²) in [5.74, 6) is -2.19.